The van der Waals surface area contributed by atoms with Crippen molar-refractivity contribution >= 4 is 22.9 Å². The maximum Gasteiger partial charge on any atom is 0.113 e. The Morgan fingerprint density at radius 2 is 2.46 bits per heavy atom. The molecule has 0 amide bonds. The van der Waals surface area contributed by atoms with E-state index in [2.05, 4.69) is 31.0 Å². The van der Waals surface area contributed by atoms with Gasteiger partial charge in [-0.1, -0.05) is 6.07 Å². The highest BCUT2D eigenvalue weighted by Gasteiger charge is 2.20. The van der Waals surface area contributed by atoms with Gasteiger partial charge in [0.25, 0.3) is 0 Å². The molecule has 0 bridgehead atoms. The SMILES string of the molecule is IN1CCOC(c2ccccn2)C1. The summed E-state index contributed by atoms with van der Waals surface area (Å²) in [6, 6.07) is 5.94. The number of ether oxygens (including phenoxy) is 1. The summed E-state index contributed by atoms with van der Waals surface area (Å²) in [6.45, 7) is 2.73. The molecule has 1 aliphatic heterocycles. The molecule has 3 nitrogen and oxygen atoms in total. The predicted molar refractivity (Wildman–Crippen MR) is 58.5 cm³/mol. The summed E-state index contributed by atoms with van der Waals surface area (Å²) in [5.74, 6) is 0. The Morgan fingerprint density at radius 1 is 1.54 bits per heavy atom. The maximum atomic E-state index is 5.63. The van der Waals surface area contributed by atoms with Crippen LogP contribution in [0.5, 0.6) is 0 Å². The molecule has 1 unspecified atom stereocenters. The van der Waals surface area contributed by atoms with E-state index in [4.69, 9.17) is 4.74 Å². The third-order valence-electron chi connectivity index (χ3n) is 2.03. The molecule has 0 aromatic carbocycles. The first-order chi connectivity index (χ1) is 6.36. The molecule has 0 radical (unpaired) electrons. The van der Waals surface area contributed by atoms with Crippen molar-refractivity contribution in [1.82, 2.24) is 8.10 Å². The summed E-state index contributed by atoms with van der Waals surface area (Å²) < 4.78 is 7.86. The van der Waals surface area contributed by atoms with E-state index in [1.807, 2.05) is 24.4 Å². The molecule has 0 saturated carbocycles. The minimum Gasteiger partial charge on any atom is -0.369 e. The zero-order valence-corrected chi connectivity index (χ0v) is 9.35. The van der Waals surface area contributed by atoms with Crippen LogP contribution in [0.4, 0.5) is 0 Å². The number of rotatable bonds is 1. The largest absolute Gasteiger partial charge is 0.369 e. The van der Waals surface area contributed by atoms with Gasteiger partial charge >= 0.3 is 0 Å². The monoisotopic (exact) mass is 290 g/mol. The molecule has 70 valence electrons. The quantitative estimate of drug-likeness (QED) is 0.582. The number of nitrogens with zero attached hydrogens (tertiary/aromatic N) is 2. The van der Waals surface area contributed by atoms with Crippen LogP contribution in [0.15, 0.2) is 24.4 Å². The van der Waals surface area contributed by atoms with Crippen LogP contribution in [0.25, 0.3) is 0 Å². The topological polar surface area (TPSA) is 25.4 Å². The van der Waals surface area contributed by atoms with Crippen molar-refractivity contribution in [2.24, 2.45) is 0 Å². The van der Waals surface area contributed by atoms with Crippen LogP contribution in [0.3, 0.4) is 0 Å². The van der Waals surface area contributed by atoms with Crippen LogP contribution in [0, 0.1) is 0 Å². The highest BCUT2D eigenvalue weighted by molar-refractivity contribution is 14.1. The highest BCUT2D eigenvalue weighted by atomic mass is 127. The zero-order chi connectivity index (χ0) is 9.10. The van der Waals surface area contributed by atoms with Crippen LogP contribution >= 0.6 is 22.9 Å². The van der Waals surface area contributed by atoms with Crippen LogP contribution in [-0.4, -0.2) is 27.8 Å². The van der Waals surface area contributed by atoms with E-state index in [-0.39, 0.29) is 6.10 Å². The Labute approximate surface area is 91.6 Å². The Hall–Kier alpha value is -0.200. The fraction of sp³-hybridized carbons (Fsp3) is 0.444. The van der Waals surface area contributed by atoms with Crippen molar-refractivity contribution in [1.29, 1.82) is 0 Å². The Balaban J connectivity index is 2.08. The second kappa shape index (κ2) is 4.34. The minimum atomic E-state index is 0.145. The normalized spacial score (nSPS) is 24.5. The fourth-order valence-corrected chi connectivity index (χ4v) is 1.92. The van der Waals surface area contributed by atoms with Gasteiger partial charge < -0.3 is 4.74 Å². The lowest BCUT2D eigenvalue weighted by molar-refractivity contribution is 0.00328. The van der Waals surface area contributed by atoms with Gasteiger partial charge in [-0.05, 0) is 12.1 Å². The first kappa shape index (κ1) is 9.36. The van der Waals surface area contributed by atoms with Crippen LogP contribution in [0.1, 0.15) is 11.8 Å². The van der Waals surface area contributed by atoms with E-state index in [1.165, 1.54) is 0 Å². The smallest absolute Gasteiger partial charge is 0.113 e. The van der Waals surface area contributed by atoms with Crippen molar-refractivity contribution in [2.75, 3.05) is 19.7 Å². The minimum absolute atomic E-state index is 0.145. The molecule has 1 fully saturated rings. The van der Waals surface area contributed by atoms with Gasteiger partial charge in [0.2, 0.25) is 0 Å². The lowest BCUT2D eigenvalue weighted by Crippen LogP contribution is -2.31. The molecule has 1 aliphatic rings. The summed E-state index contributed by atoms with van der Waals surface area (Å²) in [5, 5.41) is 0. The van der Waals surface area contributed by atoms with Crippen molar-refractivity contribution in [3.63, 3.8) is 0 Å². The van der Waals surface area contributed by atoms with E-state index < -0.39 is 0 Å². The molecule has 4 heteroatoms. The lowest BCUT2D eigenvalue weighted by atomic mass is 10.2. The summed E-state index contributed by atoms with van der Waals surface area (Å²) in [5.41, 5.74) is 1.03. The summed E-state index contributed by atoms with van der Waals surface area (Å²) in [4.78, 5) is 4.28. The standard InChI is InChI=1S/C9H11IN2O/c10-12-5-6-13-9(7-12)8-3-1-2-4-11-8/h1-4,9H,5-7H2. The molecule has 13 heavy (non-hydrogen) atoms. The van der Waals surface area contributed by atoms with Gasteiger partial charge in [-0.25, -0.2) is 3.11 Å². The van der Waals surface area contributed by atoms with Crippen molar-refractivity contribution in [2.45, 2.75) is 6.10 Å². The molecule has 2 rings (SSSR count). The number of pyridine rings is 1. The molecular formula is C9H11IN2O. The molecule has 1 aromatic heterocycles. The van der Waals surface area contributed by atoms with Gasteiger partial charge in [-0.3, -0.25) is 4.98 Å². The molecule has 0 spiro atoms. The van der Waals surface area contributed by atoms with Crippen molar-refractivity contribution in [3.8, 4) is 0 Å². The number of hydrogen-bond acceptors (Lipinski definition) is 3. The molecule has 2 heterocycles. The van der Waals surface area contributed by atoms with Gasteiger partial charge in [0, 0.05) is 42.2 Å². The second-order valence-electron chi connectivity index (χ2n) is 2.98. The Kier molecular flexibility index (Phi) is 3.13. The molecule has 1 saturated heterocycles. The van der Waals surface area contributed by atoms with E-state index >= 15 is 0 Å². The molecule has 1 atom stereocenters. The van der Waals surface area contributed by atoms with Gasteiger partial charge in [0.1, 0.15) is 6.10 Å². The van der Waals surface area contributed by atoms with E-state index in [0.717, 1.165) is 25.4 Å². The van der Waals surface area contributed by atoms with Crippen LogP contribution < -0.4 is 0 Å². The van der Waals surface area contributed by atoms with E-state index in [9.17, 15) is 0 Å². The molecule has 1 aromatic rings. The number of aromatic nitrogens is 1. The van der Waals surface area contributed by atoms with E-state index in [0.29, 0.717) is 0 Å². The first-order valence-corrected chi connectivity index (χ1v) is 5.26. The first-order valence-electron chi connectivity index (χ1n) is 4.29. The summed E-state index contributed by atoms with van der Waals surface area (Å²) in [6.07, 6.45) is 1.96. The highest BCUT2D eigenvalue weighted by Crippen LogP contribution is 2.21. The summed E-state index contributed by atoms with van der Waals surface area (Å²) in [7, 11) is 0. The number of halogens is 1. The number of hydrogen-bond donors (Lipinski definition) is 0. The van der Waals surface area contributed by atoms with Crippen molar-refractivity contribution in [3.05, 3.63) is 30.1 Å². The van der Waals surface area contributed by atoms with E-state index in [1.54, 1.807) is 0 Å². The average Bonchev–Trinajstić information content (AvgIpc) is 2.19. The summed E-state index contributed by atoms with van der Waals surface area (Å²) >= 11 is 2.32. The number of morpholine rings is 1. The molecule has 0 N–H and O–H groups in total. The Morgan fingerprint density at radius 3 is 3.15 bits per heavy atom. The second-order valence-corrected chi connectivity index (χ2v) is 4.35. The van der Waals surface area contributed by atoms with Gasteiger partial charge in [-0.15, -0.1) is 0 Å². The van der Waals surface area contributed by atoms with Gasteiger partial charge in [0.05, 0.1) is 12.3 Å². The zero-order valence-electron chi connectivity index (χ0n) is 7.19. The van der Waals surface area contributed by atoms with Crippen LogP contribution in [-0.2, 0) is 4.74 Å². The molecular weight excluding hydrogens is 279 g/mol. The third kappa shape index (κ3) is 2.38. The maximum absolute atomic E-state index is 5.63. The molecule has 0 aliphatic carbocycles. The third-order valence-corrected chi connectivity index (χ3v) is 2.91. The predicted octanol–water partition coefficient (Wildman–Crippen LogP) is 1.80. The fourth-order valence-electron chi connectivity index (χ4n) is 1.36. The lowest BCUT2D eigenvalue weighted by Gasteiger charge is -2.27. The Bertz CT molecular complexity index is 268. The van der Waals surface area contributed by atoms with Crippen LogP contribution in [0.2, 0.25) is 0 Å². The van der Waals surface area contributed by atoms with Gasteiger partial charge in [-0.2, -0.15) is 0 Å². The van der Waals surface area contributed by atoms with Crippen molar-refractivity contribution < 1.29 is 4.74 Å². The van der Waals surface area contributed by atoms with Gasteiger partial charge in [0.15, 0.2) is 0 Å². The average molecular weight is 290 g/mol.